The third-order valence-corrected chi connectivity index (χ3v) is 5.97. The van der Waals surface area contributed by atoms with Gasteiger partial charge in [-0.2, -0.15) is 0 Å². The summed E-state index contributed by atoms with van der Waals surface area (Å²) in [7, 11) is 0. The standard InChI is InChI=1S/C23H26Cl2N2O4/c1-14-10-16(6-9-21(14)31-15(2)23(29)30)12-27(18-4-3-5-18)13-22(28)26-20-8-7-17(24)11-19(20)25/h6-11,15,18H,3-5,12-13H2,1-2H3,(H,26,28)(H,29,30). The summed E-state index contributed by atoms with van der Waals surface area (Å²) in [4.78, 5) is 25.9. The van der Waals surface area contributed by atoms with Gasteiger partial charge in [0.05, 0.1) is 17.3 Å². The number of amides is 1. The topological polar surface area (TPSA) is 78.9 Å². The summed E-state index contributed by atoms with van der Waals surface area (Å²) in [6.07, 6.45) is 2.36. The summed E-state index contributed by atoms with van der Waals surface area (Å²) >= 11 is 12.1. The molecule has 0 aromatic heterocycles. The second kappa shape index (κ2) is 10.4. The minimum Gasteiger partial charge on any atom is -0.479 e. The molecule has 1 unspecified atom stereocenters. The number of carboxylic acids is 1. The van der Waals surface area contributed by atoms with Crippen molar-refractivity contribution in [2.24, 2.45) is 0 Å². The van der Waals surface area contributed by atoms with Crippen LogP contribution in [0, 0.1) is 6.92 Å². The Balaban J connectivity index is 1.66. The third-order valence-electron chi connectivity index (χ3n) is 5.42. The number of ether oxygens (including phenoxy) is 1. The predicted molar refractivity (Wildman–Crippen MR) is 122 cm³/mol. The number of benzene rings is 2. The molecular weight excluding hydrogens is 439 g/mol. The van der Waals surface area contributed by atoms with Crippen LogP contribution in [0.25, 0.3) is 0 Å². The Kier molecular flexibility index (Phi) is 7.81. The van der Waals surface area contributed by atoms with Gasteiger partial charge in [0.15, 0.2) is 6.10 Å². The number of hydrogen-bond acceptors (Lipinski definition) is 4. The van der Waals surface area contributed by atoms with Crippen molar-refractivity contribution in [1.82, 2.24) is 4.90 Å². The van der Waals surface area contributed by atoms with E-state index in [0.29, 0.717) is 34.1 Å². The van der Waals surface area contributed by atoms with Gasteiger partial charge in [-0.15, -0.1) is 0 Å². The fourth-order valence-corrected chi connectivity index (χ4v) is 3.90. The van der Waals surface area contributed by atoms with Gasteiger partial charge in [0, 0.05) is 17.6 Å². The van der Waals surface area contributed by atoms with Gasteiger partial charge >= 0.3 is 5.97 Å². The van der Waals surface area contributed by atoms with Crippen LogP contribution in [0.1, 0.15) is 37.3 Å². The smallest absolute Gasteiger partial charge is 0.344 e. The van der Waals surface area contributed by atoms with Gasteiger partial charge in [0.1, 0.15) is 5.75 Å². The van der Waals surface area contributed by atoms with E-state index in [9.17, 15) is 9.59 Å². The van der Waals surface area contributed by atoms with Gasteiger partial charge in [0.2, 0.25) is 5.91 Å². The number of hydrogen-bond donors (Lipinski definition) is 2. The van der Waals surface area contributed by atoms with E-state index in [1.165, 1.54) is 6.92 Å². The number of aliphatic carboxylic acids is 1. The van der Waals surface area contributed by atoms with Gasteiger partial charge in [-0.3, -0.25) is 9.69 Å². The highest BCUT2D eigenvalue weighted by Gasteiger charge is 2.27. The van der Waals surface area contributed by atoms with E-state index < -0.39 is 12.1 Å². The number of halogens is 2. The molecule has 0 bridgehead atoms. The number of carboxylic acid groups (broad SMARTS) is 1. The number of rotatable bonds is 9. The highest BCUT2D eigenvalue weighted by atomic mass is 35.5. The van der Waals surface area contributed by atoms with Crippen LogP contribution in [0.3, 0.4) is 0 Å². The SMILES string of the molecule is Cc1cc(CN(CC(=O)Nc2ccc(Cl)cc2Cl)C2CCC2)ccc1OC(C)C(=O)O. The average molecular weight is 465 g/mol. The van der Waals surface area contributed by atoms with Crippen LogP contribution in [0.2, 0.25) is 10.0 Å². The highest BCUT2D eigenvalue weighted by Crippen LogP contribution is 2.29. The number of carbonyl (C=O) groups excluding carboxylic acids is 1. The van der Waals surface area contributed by atoms with Crippen LogP contribution in [-0.4, -0.2) is 40.6 Å². The first kappa shape index (κ1) is 23.4. The fraction of sp³-hybridized carbons (Fsp3) is 0.391. The number of carbonyl (C=O) groups is 2. The monoisotopic (exact) mass is 464 g/mol. The Morgan fingerprint density at radius 1 is 1.23 bits per heavy atom. The largest absolute Gasteiger partial charge is 0.479 e. The van der Waals surface area contributed by atoms with Gasteiger partial charge < -0.3 is 15.2 Å². The van der Waals surface area contributed by atoms with Crippen LogP contribution in [0.15, 0.2) is 36.4 Å². The number of aryl methyl sites for hydroxylation is 1. The molecule has 1 amide bonds. The molecule has 0 heterocycles. The van der Waals surface area contributed by atoms with Crippen molar-refractivity contribution in [3.05, 3.63) is 57.6 Å². The molecular formula is C23H26Cl2N2O4. The Morgan fingerprint density at radius 3 is 2.55 bits per heavy atom. The minimum atomic E-state index is -1.01. The summed E-state index contributed by atoms with van der Waals surface area (Å²) in [5, 5.41) is 12.8. The predicted octanol–water partition coefficient (Wildman–Crippen LogP) is 5.15. The molecule has 1 aliphatic rings. The van der Waals surface area contributed by atoms with E-state index in [1.807, 2.05) is 19.1 Å². The first-order valence-electron chi connectivity index (χ1n) is 10.2. The van der Waals surface area contributed by atoms with E-state index >= 15 is 0 Å². The first-order valence-corrected chi connectivity index (χ1v) is 11.0. The summed E-state index contributed by atoms with van der Waals surface area (Å²) in [6, 6.07) is 11.0. The van der Waals surface area contributed by atoms with E-state index in [1.54, 1.807) is 24.3 Å². The molecule has 1 atom stereocenters. The molecule has 2 aromatic rings. The average Bonchev–Trinajstić information content (AvgIpc) is 2.64. The summed E-state index contributed by atoms with van der Waals surface area (Å²) in [5.74, 6) is -0.599. The maximum absolute atomic E-state index is 12.7. The Labute approximate surface area is 192 Å². The normalized spacial score (nSPS) is 14.7. The van der Waals surface area contributed by atoms with E-state index in [-0.39, 0.29) is 12.5 Å². The zero-order valence-corrected chi connectivity index (χ0v) is 19.0. The van der Waals surface area contributed by atoms with Crippen molar-refractivity contribution in [3.8, 4) is 5.75 Å². The lowest BCUT2D eigenvalue weighted by molar-refractivity contribution is -0.144. The Morgan fingerprint density at radius 2 is 1.97 bits per heavy atom. The van der Waals surface area contributed by atoms with Gasteiger partial charge in [-0.25, -0.2) is 4.79 Å². The second-order valence-electron chi connectivity index (χ2n) is 7.86. The molecule has 31 heavy (non-hydrogen) atoms. The molecule has 0 spiro atoms. The van der Waals surface area contributed by atoms with Crippen molar-refractivity contribution < 1.29 is 19.4 Å². The summed E-state index contributed by atoms with van der Waals surface area (Å²) in [5.41, 5.74) is 2.43. The molecule has 1 fully saturated rings. The van der Waals surface area contributed by atoms with Crippen molar-refractivity contribution in [2.75, 3.05) is 11.9 Å². The van der Waals surface area contributed by atoms with Crippen molar-refractivity contribution in [2.45, 2.75) is 51.8 Å². The quantitative estimate of drug-likeness (QED) is 0.536. The zero-order chi connectivity index (χ0) is 22.5. The van der Waals surface area contributed by atoms with Gasteiger partial charge in [-0.1, -0.05) is 41.8 Å². The van der Waals surface area contributed by atoms with Gasteiger partial charge in [0.25, 0.3) is 0 Å². The molecule has 166 valence electrons. The van der Waals surface area contributed by atoms with Crippen LogP contribution in [-0.2, 0) is 16.1 Å². The molecule has 2 aromatic carbocycles. The highest BCUT2D eigenvalue weighted by molar-refractivity contribution is 6.36. The molecule has 0 radical (unpaired) electrons. The molecule has 1 saturated carbocycles. The maximum Gasteiger partial charge on any atom is 0.344 e. The van der Waals surface area contributed by atoms with E-state index in [2.05, 4.69) is 10.2 Å². The maximum atomic E-state index is 12.7. The van der Waals surface area contributed by atoms with Crippen LogP contribution in [0.5, 0.6) is 5.75 Å². The molecule has 2 N–H and O–H groups in total. The Hall–Kier alpha value is -2.28. The molecule has 0 saturated heterocycles. The number of anilines is 1. The third kappa shape index (κ3) is 6.35. The lowest BCUT2D eigenvalue weighted by atomic mass is 9.91. The van der Waals surface area contributed by atoms with E-state index in [4.69, 9.17) is 33.0 Å². The summed E-state index contributed by atoms with van der Waals surface area (Å²) < 4.78 is 5.50. The lowest BCUT2D eigenvalue weighted by Gasteiger charge is -2.37. The van der Waals surface area contributed by atoms with Crippen LogP contribution >= 0.6 is 23.2 Å². The molecule has 1 aliphatic carbocycles. The molecule has 0 aliphatic heterocycles. The number of nitrogens with one attached hydrogen (secondary N) is 1. The first-order chi connectivity index (χ1) is 14.7. The zero-order valence-electron chi connectivity index (χ0n) is 17.5. The van der Waals surface area contributed by atoms with Crippen molar-refractivity contribution in [1.29, 1.82) is 0 Å². The van der Waals surface area contributed by atoms with E-state index in [0.717, 1.165) is 30.4 Å². The molecule has 6 nitrogen and oxygen atoms in total. The van der Waals surface area contributed by atoms with Crippen molar-refractivity contribution >= 4 is 40.8 Å². The molecule has 8 heteroatoms. The number of nitrogens with zero attached hydrogens (tertiary/aromatic N) is 1. The Bertz CT molecular complexity index is 963. The minimum absolute atomic E-state index is 0.136. The molecule has 3 rings (SSSR count). The summed E-state index contributed by atoms with van der Waals surface area (Å²) in [6.45, 7) is 4.24. The van der Waals surface area contributed by atoms with Crippen molar-refractivity contribution in [3.63, 3.8) is 0 Å². The van der Waals surface area contributed by atoms with Crippen LogP contribution in [0.4, 0.5) is 5.69 Å². The van der Waals surface area contributed by atoms with Gasteiger partial charge in [-0.05, 0) is 62.1 Å². The fourth-order valence-electron chi connectivity index (χ4n) is 3.45. The second-order valence-corrected chi connectivity index (χ2v) is 8.70. The lowest BCUT2D eigenvalue weighted by Crippen LogP contribution is -2.43. The van der Waals surface area contributed by atoms with Crippen LogP contribution < -0.4 is 10.1 Å².